The average Bonchev–Trinajstić information content (AvgIpc) is 2.82. The van der Waals surface area contributed by atoms with E-state index < -0.39 is 0 Å². The minimum absolute atomic E-state index is 0.239. The summed E-state index contributed by atoms with van der Waals surface area (Å²) in [5, 5.41) is 0. The molecule has 0 aliphatic heterocycles. The second-order valence-corrected chi connectivity index (χ2v) is 6.17. The van der Waals surface area contributed by atoms with Gasteiger partial charge in [0.05, 0.1) is 5.56 Å². The number of carbonyl (C=O) groups excluding carboxylic acids is 2. The highest BCUT2D eigenvalue weighted by Crippen LogP contribution is 2.08. The molecule has 31 heavy (non-hydrogen) atoms. The molecule has 0 amide bonds. The van der Waals surface area contributed by atoms with Gasteiger partial charge < -0.3 is 18.9 Å². The highest BCUT2D eigenvalue weighted by molar-refractivity contribution is 5.89. The summed E-state index contributed by atoms with van der Waals surface area (Å²) in [7, 11) is 0. The normalized spacial score (nSPS) is 9.58. The molecule has 0 radical (unpaired) electrons. The number of esters is 2. The van der Waals surface area contributed by atoms with Crippen LogP contribution in [0, 0.1) is 0 Å². The van der Waals surface area contributed by atoms with Gasteiger partial charge in [0.15, 0.2) is 0 Å². The fourth-order valence-corrected chi connectivity index (χ4v) is 2.33. The molecule has 0 unspecified atom stereocenters. The van der Waals surface area contributed by atoms with Crippen LogP contribution in [0.2, 0.25) is 0 Å². The highest BCUT2D eigenvalue weighted by Gasteiger charge is 2.05. The molecule has 0 saturated heterocycles. The number of hydrogen-bond donors (Lipinski definition) is 0. The van der Waals surface area contributed by atoms with Gasteiger partial charge in [-0.25, -0.2) is 4.79 Å². The summed E-state index contributed by atoms with van der Waals surface area (Å²) in [4.78, 5) is 22.0. The van der Waals surface area contributed by atoms with Crippen LogP contribution in [-0.2, 0) is 14.3 Å². The van der Waals surface area contributed by atoms with Crippen LogP contribution in [0.4, 0.5) is 0 Å². The maximum atomic E-state index is 11.6. The Morgan fingerprint density at radius 1 is 0.581 bits per heavy atom. The summed E-state index contributed by atoms with van der Waals surface area (Å²) in [5.41, 5.74) is 0.553. The average molecular weight is 422 g/mol. The predicted molar refractivity (Wildman–Crippen MR) is 117 cm³/mol. The lowest BCUT2D eigenvalue weighted by Gasteiger charge is -2.07. The van der Waals surface area contributed by atoms with Crippen LogP contribution in [0.5, 0.6) is 11.5 Å². The molecule has 6 nitrogen and oxygen atoms in total. The Kier molecular flexibility index (Phi) is 10.8. The zero-order valence-corrected chi connectivity index (χ0v) is 17.4. The van der Waals surface area contributed by atoms with E-state index in [0.29, 0.717) is 25.4 Å². The topological polar surface area (TPSA) is 71.1 Å². The molecule has 0 atom stereocenters. The van der Waals surface area contributed by atoms with E-state index >= 15 is 0 Å². The van der Waals surface area contributed by atoms with Gasteiger partial charge in [0.1, 0.15) is 37.9 Å². The van der Waals surface area contributed by atoms with Gasteiger partial charge in [-0.15, -0.1) is 0 Å². The second-order valence-electron chi connectivity index (χ2n) is 6.17. The van der Waals surface area contributed by atoms with E-state index in [4.69, 9.17) is 18.9 Å². The molecule has 0 aliphatic rings. The maximum absolute atomic E-state index is 11.6. The number of benzene rings is 3. The van der Waals surface area contributed by atoms with E-state index in [0.717, 1.165) is 11.5 Å². The van der Waals surface area contributed by atoms with Crippen molar-refractivity contribution >= 4 is 11.9 Å². The number of para-hydroxylation sites is 2. The van der Waals surface area contributed by atoms with Crippen molar-refractivity contribution in [1.29, 1.82) is 0 Å². The molecule has 3 aromatic carbocycles. The zero-order valence-electron chi connectivity index (χ0n) is 17.4. The van der Waals surface area contributed by atoms with E-state index in [1.54, 1.807) is 24.3 Å². The first-order valence-electron chi connectivity index (χ1n) is 9.86. The standard InChI is InChI=1S/C15H14O3.C10H12O3/c16-15(13-7-3-1-4-8-13)18-12-11-17-14-9-5-2-6-10-14;1-9(11)12-7-8-13-10-5-3-2-4-6-10/h1-10H,11-12H2;2-6H,7-8H2,1H3. The summed E-state index contributed by atoms with van der Waals surface area (Å²) < 4.78 is 20.5. The van der Waals surface area contributed by atoms with Gasteiger partial charge >= 0.3 is 11.9 Å². The molecule has 3 rings (SSSR count). The summed E-state index contributed by atoms with van der Waals surface area (Å²) in [5.74, 6) is 0.951. The smallest absolute Gasteiger partial charge is 0.338 e. The van der Waals surface area contributed by atoms with E-state index in [-0.39, 0.29) is 18.5 Å². The molecule has 0 heterocycles. The predicted octanol–water partition coefficient (Wildman–Crippen LogP) is 4.55. The van der Waals surface area contributed by atoms with Crippen molar-refractivity contribution in [2.24, 2.45) is 0 Å². The molecular formula is C25H26O6. The maximum Gasteiger partial charge on any atom is 0.338 e. The SMILES string of the molecule is CC(=O)OCCOc1ccccc1.O=C(OCCOc1ccccc1)c1ccccc1. The second kappa shape index (κ2) is 14.2. The fourth-order valence-electron chi connectivity index (χ4n) is 2.33. The molecule has 162 valence electrons. The molecule has 0 bridgehead atoms. The van der Waals surface area contributed by atoms with Gasteiger partial charge in [-0.05, 0) is 36.4 Å². The summed E-state index contributed by atoms with van der Waals surface area (Å²) in [6.45, 7) is 2.65. The number of hydrogen-bond acceptors (Lipinski definition) is 6. The van der Waals surface area contributed by atoms with Gasteiger partial charge in [-0.1, -0.05) is 54.6 Å². The van der Waals surface area contributed by atoms with Crippen molar-refractivity contribution in [2.75, 3.05) is 26.4 Å². The van der Waals surface area contributed by atoms with Crippen molar-refractivity contribution in [1.82, 2.24) is 0 Å². The van der Waals surface area contributed by atoms with Crippen LogP contribution in [0.15, 0.2) is 91.0 Å². The molecule has 0 fully saturated rings. The van der Waals surface area contributed by atoms with Crippen LogP contribution in [0.25, 0.3) is 0 Å². The summed E-state index contributed by atoms with van der Waals surface area (Å²) in [6.07, 6.45) is 0. The Balaban J connectivity index is 0.000000233. The Morgan fingerprint density at radius 2 is 1.00 bits per heavy atom. The van der Waals surface area contributed by atoms with Crippen molar-refractivity contribution in [3.8, 4) is 11.5 Å². The molecule has 0 aromatic heterocycles. The molecular weight excluding hydrogens is 396 g/mol. The number of carbonyl (C=O) groups is 2. The lowest BCUT2D eigenvalue weighted by molar-refractivity contribution is -0.141. The number of ether oxygens (including phenoxy) is 4. The lowest BCUT2D eigenvalue weighted by atomic mass is 10.2. The lowest BCUT2D eigenvalue weighted by Crippen LogP contribution is -2.12. The molecule has 3 aromatic rings. The van der Waals surface area contributed by atoms with E-state index in [2.05, 4.69) is 0 Å². The quantitative estimate of drug-likeness (QED) is 0.372. The van der Waals surface area contributed by atoms with Crippen molar-refractivity contribution in [3.63, 3.8) is 0 Å². The molecule has 0 aliphatic carbocycles. The van der Waals surface area contributed by atoms with Crippen LogP contribution < -0.4 is 9.47 Å². The van der Waals surface area contributed by atoms with Gasteiger partial charge in [0, 0.05) is 6.92 Å². The van der Waals surface area contributed by atoms with Gasteiger partial charge in [0.25, 0.3) is 0 Å². The van der Waals surface area contributed by atoms with Crippen molar-refractivity contribution < 1.29 is 28.5 Å². The Bertz CT molecular complexity index is 882. The minimum atomic E-state index is -0.327. The van der Waals surface area contributed by atoms with Gasteiger partial charge in [0.2, 0.25) is 0 Å². The van der Waals surface area contributed by atoms with Crippen LogP contribution in [-0.4, -0.2) is 38.4 Å². The largest absolute Gasteiger partial charge is 0.490 e. The molecule has 6 heteroatoms. The zero-order chi connectivity index (χ0) is 22.2. The van der Waals surface area contributed by atoms with Gasteiger partial charge in [-0.3, -0.25) is 4.79 Å². The third-order valence-electron chi connectivity index (χ3n) is 3.74. The summed E-state index contributed by atoms with van der Waals surface area (Å²) >= 11 is 0. The van der Waals surface area contributed by atoms with E-state index in [1.165, 1.54) is 6.92 Å². The van der Waals surface area contributed by atoms with Crippen LogP contribution in [0.1, 0.15) is 17.3 Å². The molecule has 0 saturated carbocycles. The van der Waals surface area contributed by atoms with E-state index in [9.17, 15) is 9.59 Å². The first-order chi connectivity index (χ1) is 15.1. The van der Waals surface area contributed by atoms with Crippen molar-refractivity contribution in [2.45, 2.75) is 6.92 Å². The van der Waals surface area contributed by atoms with Gasteiger partial charge in [-0.2, -0.15) is 0 Å². The fraction of sp³-hybridized carbons (Fsp3) is 0.200. The minimum Gasteiger partial charge on any atom is -0.490 e. The van der Waals surface area contributed by atoms with Crippen molar-refractivity contribution in [3.05, 3.63) is 96.6 Å². The van der Waals surface area contributed by atoms with Crippen LogP contribution >= 0.6 is 0 Å². The number of rotatable bonds is 9. The summed E-state index contributed by atoms with van der Waals surface area (Å²) in [6, 6.07) is 27.7. The Hall–Kier alpha value is -3.80. The first-order valence-corrected chi connectivity index (χ1v) is 9.86. The Labute approximate surface area is 182 Å². The Morgan fingerprint density at radius 3 is 1.45 bits per heavy atom. The highest BCUT2D eigenvalue weighted by atomic mass is 16.6. The first kappa shape index (κ1) is 23.5. The monoisotopic (exact) mass is 422 g/mol. The molecule has 0 N–H and O–H groups in total. The third kappa shape index (κ3) is 10.5. The molecule has 0 spiro atoms. The third-order valence-corrected chi connectivity index (χ3v) is 3.74. The van der Waals surface area contributed by atoms with Crippen LogP contribution in [0.3, 0.4) is 0 Å². The van der Waals surface area contributed by atoms with E-state index in [1.807, 2.05) is 66.7 Å².